The molecule has 0 bridgehead atoms. The predicted molar refractivity (Wildman–Crippen MR) is 106 cm³/mol. The number of ether oxygens (including phenoxy) is 1. The Kier molecular flexibility index (Phi) is 6.49. The summed E-state index contributed by atoms with van der Waals surface area (Å²) in [5.74, 6) is 0.853. The topological polar surface area (TPSA) is 69.0 Å². The summed E-state index contributed by atoms with van der Waals surface area (Å²) in [6.07, 6.45) is 2.75. The summed E-state index contributed by atoms with van der Waals surface area (Å²) < 4.78 is 7.58. The van der Waals surface area contributed by atoms with Crippen molar-refractivity contribution in [2.24, 2.45) is 7.05 Å². The lowest BCUT2D eigenvalue weighted by Crippen LogP contribution is -2.12. The van der Waals surface area contributed by atoms with E-state index in [4.69, 9.17) is 4.74 Å². The highest BCUT2D eigenvalue weighted by Crippen LogP contribution is 2.26. The Morgan fingerprint density at radius 1 is 1.19 bits per heavy atom. The van der Waals surface area contributed by atoms with Gasteiger partial charge in [-0.05, 0) is 61.0 Å². The number of nitrogens with one attached hydrogen (secondary N) is 1. The van der Waals surface area contributed by atoms with Crippen LogP contribution in [0.2, 0.25) is 0 Å². The van der Waals surface area contributed by atoms with Crippen LogP contribution in [0, 0.1) is 6.92 Å². The van der Waals surface area contributed by atoms with Crippen LogP contribution in [0.1, 0.15) is 18.4 Å². The number of anilines is 1. The van der Waals surface area contributed by atoms with Crippen molar-refractivity contribution >= 4 is 23.4 Å². The Bertz CT molecular complexity index is 893. The molecule has 3 aromatic rings. The summed E-state index contributed by atoms with van der Waals surface area (Å²) in [4.78, 5) is 13.1. The van der Waals surface area contributed by atoms with E-state index in [0.29, 0.717) is 19.4 Å². The maximum Gasteiger partial charge on any atom is 0.224 e. The van der Waals surface area contributed by atoms with E-state index < -0.39 is 0 Å². The summed E-state index contributed by atoms with van der Waals surface area (Å²) in [5.41, 5.74) is 1.88. The van der Waals surface area contributed by atoms with Crippen LogP contribution in [0.4, 0.5) is 5.69 Å². The molecule has 3 rings (SSSR count). The number of carbonyl (C=O) groups is 1. The molecule has 6 nitrogen and oxygen atoms in total. The largest absolute Gasteiger partial charge is 0.493 e. The van der Waals surface area contributed by atoms with Crippen molar-refractivity contribution in [2.75, 3.05) is 11.9 Å². The monoisotopic (exact) mass is 382 g/mol. The van der Waals surface area contributed by atoms with Crippen LogP contribution < -0.4 is 10.1 Å². The minimum atomic E-state index is -0.0166. The Hall–Kier alpha value is -2.80. The molecule has 1 amide bonds. The number of nitrogens with zero attached hydrogens (tertiary/aromatic N) is 3. The molecule has 1 aromatic heterocycles. The summed E-state index contributed by atoms with van der Waals surface area (Å²) in [6, 6.07) is 15.6. The zero-order valence-corrected chi connectivity index (χ0v) is 16.2. The highest BCUT2D eigenvalue weighted by molar-refractivity contribution is 7.99. The summed E-state index contributed by atoms with van der Waals surface area (Å²) >= 11 is 1.52. The molecular formula is C20H22N4O2S. The average Bonchev–Trinajstić information content (AvgIpc) is 3.06. The molecule has 0 saturated carbocycles. The first-order valence-electron chi connectivity index (χ1n) is 8.72. The van der Waals surface area contributed by atoms with Crippen molar-refractivity contribution in [3.05, 3.63) is 60.4 Å². The van der Waals surface area contributed by atoms with Crippen LogP contribution in [0.3, 0.4) is 0 Å². The zero-order chi connectivity index (χ0) is 19.1. The quantitative estimate of drug-likeness (QED) is 0.595. The number of hydrogen-bond acceptors (Lipinski definition) is 5. The first-order valence-corrected chi connectivity index (χ1v) is 9.53. The van der Waals surface area contributed by atoms with Gasteiger partial charge in [-0.25, -0.2) is 0 Å². The molecule has 0 fully saturated rings. The minimum absolute atomic E-state index is 0.0166. The van der Waals surface area contributed by atoms with Gasteiger partial charge >= 0.3 is 0 Å². The van der Waals surface area contributed by atoms with Gasteiger partial charge in [0, 0.05) is 24.1 Å². The second-order valence-electron chi connectivity index (χ2n) is 6.12. The third kappa shape index (κ3) is 5.59. The second kappa shape index (κ2) is 9.23. The Labute approximate surface area is 163 Å². The van der Waals surface area contributed by atoms with Crippen molar-refractivity contribution in [1.82, 2.24) is 14.8 Å². The van der Waals surface area contributed by atoms with Crippen LogP contribution in [-0.4, -0.2) is 27.3 Å². The molecule has 0 aliphatic carbocycles. The third-order valence-electron chi connectivity index (χ3n) is 3.92. The van der Waals surface area contributed by atoms with Gasteiger partial charge in [-0.2, -0.15) is 0 Å². The van der Waals surface area contributed by atoms with Gasteiger partial charge < -0.3 is 14.6 Å². The van der Waals surface area contributed by atoms with E-state index in [9.17, 15) is 4.79 Å². The van der Waals surface area contributed by atoms with E-state index in [0.717, 1.165) is 27.1 Å². The Morgan fingerprint density at radius 3 is 2.67 bits per heavy atom. The standard InChI is InChI=1S/C20H22N4O2S/c1-15-6-3-4-7-18(15)26-13-5-8-19(25)22-16-9-11-17(12-10-16)27-20-23-21-14-24(20)2/h3-4,6-7,9-12,14H,5,8,13H2,1-2H3,(H,22,25). The molecule has 7 heteroatoms. The molecule has 0 aliphatic heterocycles. The highest BCUT2D eigenvalue weighted by atomic mass is 32.2. The first-order chi connectivity index (χ1) is 13.1. The lowest BCUT2D eigenvalue weighted by Gasteiger charge is -2.09. The number of amides is 1. The van der Waals surface area contributed by atoms with Gasteiger partial charge in [0.2, 0.25) is 5.91 Å². The van der Waals surface area contributed by atoms with Gasteiger partial charge in [-0.1, -0.05) is 18.2 Å². The van der Waals surface area contributed by atoms with E-state index in [2.05, 4.69) is 15.5 Å². The molecule has 0 aliphatic rings. The number of benzene rings is 2. The fraction of sp³-hybridized carbons (Fsp3) is 0.250. The average molecular weight is 382 g/mol. The smallest absolute Gasteiger partial charge is 0.224 e. The number of aromatic nitrogens is 3. The number of aryl methyl sites for hydroxylation is 2. The van der Waals surface area contributed by atoms with Crippen LogP contribution in [-0.2, 0) is 11.8 Å². The lowest BCUT2D eigenvalue weighted by molar-refractivity contribution is -0.116. The number of carbonyl (C=O) groups excluding carboxylic acids is 1. The SMILES string of the molecule is Cc1ccccc1OCCCC(=O)Nc1ccc(Sc2nncn2C)cc1. The van der Waals surface area contributed by atoms with Gasteiger partial charge in [0.05, 0.1) is 6.61 Å². The number of para-hydroxylation sites is 1. The van der Waals surface area contributed by atoms with Crippen LogP contribution in [0.25, 0.3) is 0 Å². The van der Waals surface area contributed by atoms with E-state index in [1.165, 1.54) is 11.8 Å². The van der Waals surface area contributed by atoms with Crippen molar-refractivity contribution in [3.63, 3.8) is 0 Å². The molecule has 1 heterocycles. The zero-order valence-electron chi connectivity index (χ0n) is 15.4. The Balaban J connectivity index is 1.41. The molecule has 140 valence electrons. The molecular weight excluding hydrogens is 360 g/mol. The van der Waals surface area contributed by atoms with Crippen molar-refractivity contribution in [3.8, 4) is 5.75 Å². The van der Waals surface area contributed by atoms with Gasteiger partial charge in [-0.15, -0.1) is 10.2 Å². The van der Waals surface area contributed by atoms with E-state index >= 15 is 0 Å². The molecule has 0 atom stereocenters. The maximum absolute atomic E-state index is 12.1. The first kappa shape index (κ1) is 19.0. The van der Waals surface area contributed by atoms with Crippen molar-refractivity contribution in [1.29, 1.82) is 0 Å². The van der Waals surface area contributed by atoms with Crippen molar-refractivity contribution in [2.45, 2.75) is 29.8 Å². The van der Waals surface area contributed by atoms with E-state index in [1.807, 2.05) is 67.1 Å². The minimum Gasteiger partial charge on any atom is -0.493 e. The van der Waals surface area contributed by atoms with Crippen LogP contribution >= 0.6 is 11.8 Å². The van der Waals surface area contributed by atoms with Crippen LogP contribution in [0.15, 0.2) is 64.9 Å². The fourth-order valence-electron chi connectivity index (χ4n) is 2.43. The number of hydrogen-bond donors (Lipinski definition) is 1. The molecule has 0 spiro atoms. The van der Waals surface area contributed by atoms with Gasteiger partial charge in [0.1, 0.15) is 12.1 Å². The Morgan fingerprint density at radius 2 is 1.96 bits per heavy atom. The van der Waals surface area contributed by atoms with Gasteiger partial charge in [0.25, 0.3) is 0 Å². The molecule has 1 N–H and O–H groups in total. The summed E-state index contributed by atoms with van der Waals surface area (Å²) in [7, 11) is 1.90. The van der Waals surface area contributed by atoms with Gasteiger partial charge in [-0.3, -0.25) is 4.79 Å². The molecule has 2 aromatic carbocycles. The summed E-state index contributed by atoms with van der Waals surface area (Å²) in [5, 5.41) is 11.6. The molecule has 27 heavy (non-hydrogen) atoms. The fourth-order valence-corrected chi connectivity index (χ4v) is 3.20. The normalized spacial score (nSPS) is 10.6. The predicted octanol–water partition coefficient (Wildman–Crippen LogP) is 4.07. The van der Waals surface area contributed by atoms with E-state index in [1.54, 1.807) is 6.33 Å². The highest BCUT2D eigenvalue weighted by Gasteiger charge is 2.06. The molecule has 0 radical (unpaired) electrons. The number of rotatable bonds is 8. The molecule has 0 unspecified atom stereocenters. The van der Waals surface area contributed by atoms with E-state index in [-0.39, 0.29) is 5.91 Å². The lowest BCUT2D eigenvalue weighted by atomic mass is 10.2. The van der Waals surface area contributed by atoms with Crippen LogP contribution in [0.5, 0.6) is 5.75 Å². The molecule has 0 saturated heterocycles. The maximum atomic E-state index is 12.1. The second-order valence-corrected chi connectivity index (χ2v) is 7.16. The van der Waals surface area contributed by atoms with Crippen molar-refractivity contribution < 1.29 is 9.53 Å². The van der Waals surface area contributed by atoms with Gasteiger partial charge in [0.15, 0.2) is 5.16 Å². The third-order valence-corrected chi connectivity index (χ3v) is 4.98. The summed E-state index contributed by atoms with van der Waals surface area (Å²) in [6.45, 7) is 2.53.